The Kier molecular flexibility index (Phi) is 6.50. The third kappa shape index (κ3) is 4.65. The summed E-state index contributed by atoms with van der Waals surface area (Å²) in [5.74, 6) is 0.931. The molecular weight excluding hydrogens is 428 g/mol. The van der Waals surface area contributed by atoms with Crippen LogP contribution in [0.15, 0.2) is 48.9 Å². The Bertz CT molecular complexity index is 1090. The normalized spacial score (nSPS) is 14.6. The second kappa shape index (κ2) is 9.48. The van der Waals surface area contributed by atoms with Gasteiger partial charge in [0.15, 0.2) is 5.82 Å². The van der Waals surface area contributed by atoms with Crippen LogP contribution in [0.4, 0.5) is 5.82 Å². The molecule has 0 saturated carbocycles. The van der Waals surface area contributed by atoms with Crippen LogP contribution >= 0.6 is 11.6 Å². The molecule has 1 N–H and O–H groups in total. The Morgan fingerprint density at radius 2 is 1.88 bits per heavy atom. The zero-order valence-electron chi connectivity index (χ0n) is 18.0. The molecular formula is C23H25ClN6O2. The fraction of sp³-hybridized carbons (Fsp3) is 0.348. The third-order valence-electron chi connectivity index (χ3n) is 5.58. The van der Waals surface area contributed by atoms with Crippen LogP contribution in [-0.4, -0.2) is 49.6 Å². The van der Waals surface area contributed by atoms with Gasteiger partial charge in [0.05, 0.1) is 22.5 Å². The van der Waals surface area contributed by atoms with Crippen LogP contribution < -0.4 is 5.32 Å². The van der Waals surface area contributed by atoms with E-state index in [4.69, 9.17) is 11.6 Å². The number of hydrogen-bond donors (Lipinski definition) is 1. The first-order valence-electron chi connectivity index (χ1n) is 10.6. The largest absolute Gasteiger partial charge is 0.338 e. The highest BCUT2D eigenvalue weighted by atomic mass is 35.5. The number of carbonyl (C=O) groups excluding carboxylic acids is 2. The van der Waals surface area contributed by atoms with Gasteiger partial charge in [-0.2, -0.15) is 5.10 Å². The Labute approximate surface area is 191 Å². The molecule has 4 heterocycles. The number of nitrogens with one attached hydrogen (secondary N) is 1. The number of anilines is 1. The van der Waals surface area contributed by atoms with Crippen molar-refractivity contribution in [1.29, 1.82) is 0 Å². The zero-order chi connectivity index (χ0) is 22.7. The molecule has 2 amide bonds. The van der Waals surface area contributed by atoms with Crippen LogP contribution in [0.25, 0.3) is 5.82 Å². The van der Waals surface area contributed by atoms with Crippen molar-refractivity contribution in [2.45, 2.75) is 32.6 Å². The first-order chi connectivity index (χ1) is 15.4. The van der Waals surface area contributed by atoms with Crippen molar-refractivity contribution in [2.24, 2.45) is 5.92 Å². The maximum Gasteiger partial charge on any atom is 0.257 e. The number of halogens is 1. The highest BCUT2D eigenvalue weighted by Gasteiger charge is 2.31. The molecule has 0 aliphatic carbocycles. The van der Waals surface area contributed by atoms with Gasteiger partial charge in [-0.05, 0) is 43.0 Å². The summed E-state index contributed by atoms with van der Waals surface area (Å²) in [4.78, 5) is 36.2. The molecule has 1 fully saturated rings. The maximum atomic E-state index is 13.3. The minimum absolute atomic E-state index is 0.0610. The van der Waals surface area contributed by atoms with Crippen LogP contribution in [0, 0.1) is 5.92 Å². The van der Waals surface area contributed by atoms with Crippen LogP contribution in [0.1, 0.15) is 48.7 Å². The van der Waals surface area contributed by atoms with Gasteiger partial charge in [0.2, 0.25) is 5.91 Å². The minimum Gasteiger partial charge on any atom is -0.338 e. The number of nitrogens with zero attached hydrogens (tertiary/aromatic N) is 5. The number of likely N-dealkylation sites (tertiary alicyclic amines) is 1. The summed E-state index contributed by atoms with van der Waals surface area (Å²) in [5.41, 5.74) is 1.42. The van der Waals surface area contributed by atoms with Gasteiger partial charge in [-0.25, -0.2) is 14.6 Å². The van der Waals surface area contributed by atoms with Gasteiger partial charge >= 0.3 is 0 Å². The van der Waals surface area contributed by atoms with E-state index in [0.717, 1.165) is 5.69 Å². The molecule has 166 valence electrons. The second-order valence-corrected chi connectivity index (χ2v) is 8.55. The van der Waals surface area contributed by atoms with Gasteiger partial charge in [-0.3, -0.25) is 9.59 Å². The molecule has 8 nitrogen and oxygen atoms in total. The molecule has 32 heavy (non-hydrogen) atoms. The van der Waals surface area contributed by atoms with Crippen molar-refractivity contribution in [2.75, 3.05) is 18.4 Å². The number of hydrogen-bond acceptors (Lipinski definition) is 5. The summed E-state index contributed by atoms with van der Waals surface area (Å²) in [6.45, 7) is 5.09. The predicted octanol–water partition coefficient (Wildman–Crippen LogP) is 3.93. The van der Waals surface area contributed by atoms with E-state index in [1.807, 2.05) is 32.0 Å². The summed E-state index contributed by atoms with van der Waals surface area (Å²) in [6.07, 6.45) is 6.01. The SMILES string of the molecule is CC(C)c1c(C(=O)N2CCC(C(=O)Nc3ccc(Cl)cn3)CC2)cnn1-c1ccccn1. The average molecular weight is 453 g/mol. The minimum atomic E-state index is -0.169. The Morgan fingerprint density at radius 3 is 2.50 bits per heavy atom. The second-order valence-electron chi connectivity index (χ2n) is 8.12. The van der Waals surface area contributed by atoms with E-state index in [-0.39, 0.29) is 23.7 Å². The van der Waals surface area contributed by atoms with Crippen molar-refractivity contribution in [3.8, 4) is 5.82 Å². The van der Waals surface area contributed by atoms with E-state index in [0.29, 0.717) is 48.2 Å². The van der Waals surface area contributed by atoms with Crippen LogP contribution in [0.5, 0.6) is 0 Å². The molecule has 9 heteroatoms. The van der Waals surface area contributed by atoms with Crippen LogP contribution in [0.2, 0.25) is 5.02 Å². The van der Waals surface area contributed by atoms with Crippen LogP contribution in [0.3, 0.4) is 0 Å². The molecule has 0 aromatic carbocycles. The number of carbonyl (C=O) groups is 2. The van der Waals surface area contributed by atoms with E-state index in [2.05, 4.69) is 20.4 Å². The lowest BCUT2D eigenvalue weighted by atomic mass is 9.95. The third-order valence-corrected chi connectivity index (χ3v) is 5.81. The molecule has 1 aliphatic heterocycles. The Morgan fingerprint density at radius 1 is 1.09 bits per heavy atom. The molecule has 3 aromatic heterocycles. The molecule has 1 saturated heterocycles. The van der Waals surface area contributed by atoms with Gasteiger partial charge in [0.1, 0.15) is 5.82 Å². The lowest BCUT2D eigenvalue weighted by Crippen LogP contribution is -2.41. The average Bonchev–Trinajstić information content (AvgIpc) is 3.26. The van der Waals surface area contributed by atoms with Gasteiger partial charge in [0, 0.05) is 31.4 Å². The van der Waals surface area contributed by atoms with Crippen LogP contribution in [-0.2, 0) is 4.79 Å². The smallest absolute Gasteiger partial charge is 0.257 e. The lowest BCUT2D eigenvalue weighted by molar-refractivity contribution is -0.121. The molecule has 4 rings (SSSR count). The molecule has 0 bridgehead atoms. The van der Waals surface area contributed by atoms with Crippen molar-refractivity contribution < 1.29 is 9.59 Å². The monoisotopic (exact) mass is 452 g/mol. The quantitative estimate of drug-likeness (QED) is 0.633. The number of amides is 2. The van der Waals surface area contributed by atoms with E-state index in [1.165, 1.54) is 6.20 Å². The molecule has 3 aromatic rings. The molecule has 0 atom stereocenters. The predicted molar refractivity (Wildman–Crippen MR) is 122 cm³/mol. The van der Waals surface area contributed by atoms with Crippen molar-refractivity contribution >= 4 is 29.2 Å². The zero-order valence-corrected chi connectivity index (χ0v) is 18.8. The van der Waals surface area contributed by atoms with Crippen molar-refractivity contribution in [3.63, 3.8) is 0 Å². The number of aromatic nitrogens is 4. The molecule has 0 unspecified atom stereocenters. The summed E-state index contributed by atoms with van der Waals surface area (Å²) in [6, 6.07) is 8.96. The highest BCUT2D eigenvalue weighted by molar-refractivity contribution is 6.30. The first kappa shape index (κ1) is 22.0. The fourth-order valence-corrected chi connectivity index (χ4v) is 4.04. The van der Waals surface area contributed by atoms with E-state index in [9.17, 15) is 9.59 Å². The Hall–Kier alpha value is -3.26. The van der Waals surface area contributed by atoms with Crippen molar-refractivity contribution in [3.05, 3.63) is 65.2 Å². The standard InChI is InChI=1S/C23H25ClN6O2/c1-15(2)21-18(14-27-30(21)20-5-3-4-10-25-20)23(32)29-11-8-16(9-12-29)22(31)28-19-7-6-17(24)13-26-19/h3-7,10,13-16H,8-9,11-12H2,1-2H3,(H,26,28,31). The first-order valence-corrected chi connectivity index (χ1v) is 11.0. The number of piperidine rings is 1. The van der Waals surface area contributed by atoms with Gasteiger partial charge < -0.3 is 10.2 Å². The van der Waals surface area contributed by atoms with Gasteiger partial charge in [-0.1, -0.05) is 31.5 Å². The Balaban J connectivity index is 1.43. The van der Waals surface area contributed by atoms with Gasteiger partial charge in [0.25, 0.3) is 5.91 Å². The van der Waals surface area contributed by atoms with E-state index in [1.54, 1.807) is 34.1 Å². The van der Waals surface area contributed by atoms with E-state index < -0.39 is 0 Å². The number of rotatable bonds is 5. The summed E-state index contributed by atoms with van der Waals surface area (Å²) < 4.78 is 1.73. The number of pyridine rings is 2. The molecule has 1 aliphatic rings. The molecule has 0 radical (unpaired) electrons. The lowest BCUT2D eigenvalue weighted by Gasteiger charge is -2.31. The summed E-state index contributed by atoms with van der Waals surface area (Å²) >= 11 is 5.84. The van der Waals surface area contributed by atoms with Gasteiger partial charge in [-0.15, -0.1) is 0 Å². The topological polar surface area (TPSA) is 93.0 Å². The summed E-state index contributed by atoms with van der Waals surface area (Å²) in [7, 11) is 0. The highest BCUT2D eigenvalue weighted by Crippen LogP contribution is 2.26. The fourth-order valence-electron chi connectivity index (χ4n) is 3.93. The summed E-state index contributed by atoms with van der Waals surface area (Å²) in [5, 5.41) is 7.79. The maximum absolute atomic E-state index is 13.3. The van der Waals surface area contributed by atoms with Crippen molar-refractivity contribution in [1.82, 2.24) is 24.6 Å². The van der Waals surface area contributed by atoms with E-state index >= 15 is 0 Å². The molecule has 0 spiro atoms.